The number of hydrogen-bond donors (Lipinski definition) is 2. The lowest BCUT2D eigenvalue weighted by molar-refractivity contribution is 0.104. The van der Waals surface area contributed by atoms with E-state index in [0.29, 0.717) is 27.5 Å². The minimum Gasteiger partial charge on any atom is -0.399 e. The highest BCUT2D eigenvalue weighted by Gasteiger charge is 2.15. The van der Waals surface area contributed by atoms with Crippen molar-refractivity contribution in [2.75, 3.05) is 11.5 Å². The quantitative estimate of drug-likeness (QED) is 0.632. The molecule has 4 N–H and O–H groups in total. The Bertz CT molecular complexity index is 581. The predicted molar refractivity (Wildman–Crippen MR) is 70.2 cm³/mol. The van der Waals surface area contributed by atoms with Crippen LogP contribution in [0.1, 0.15) is 15.9 Å². The fourth-order valence-electron chi connectivity index (χ4n) is 1.56. The van der Waals surface area contributed by atoms with Gasteiger partial charge in [-0.3, -0.25) is 4.79 Å². The predicted octanol–water partition coefficient (Wildman–Crippen LogP) is 2.74. The Labute approximate surface area is 104 Å². The number of hydrogen-bond acceptors (Lipinski definition) is 3. The highest BCUT2D eigenvalue weighted by molar-refractivity contribution is 6.35. The number of carbonyl (C=O) groups excluding carboxylic acids is 1. The number of benzene rings is 2. The summed E-state index contributed by atoms with van der Waals surface area (Å²) in [4.78, 5) is 12.2. The molecule has 0 heterocycles. The minimum absolute atomic E-state index is 0.222. The second kappa shape index (κ2) is 4.47. The second-order valence-electron chi connectivity index (χ2n) is 3.66. The van der Waals surface area contributed by atoms with Gasteiger partial charge in [0.2, 0.25) is 0 Å². The number of carbonyl (C=O) groups is 1. The molecule has 0 fully saturated rings. The van der Waals surface area contributed by atoms with Crippen LogP contribution in [0.15, 0.2) is 42.5 Å². The van der Waals surface area contributed by atoms with Gasteiger partial charge in [0.05, 0.1) is 5.02 Å². The Morgan fingerprint density at radius 1 is 1.00 bits per heavy atom. The van der Waals surface area contributed by atoms with Gasteiger partial charge in [-0.25, -0.2) is 0 Å². The average Bonchev–Trinajstić information content (AvgIpc) is 2.32. The number of anilines is 2. The van der Waals surface area contributed by atoms with Gasteiger partial charge >= 0.3 is 0 Å². The van der Waals surface area contributed by atoms with Gasteiger partial charge in [0.15, 0.2) is 5.78 Å². The van der Waals surface area contributed by atoms with Crippen molar-refractivity contribution in [1.29, 1.82) is 0 Å². The summed E-state index contributed by atoms with van der Waals surface area (Å²) >= 11 is 5.97. The van der Waals surface area contributed by atoms with Crippen molar-refractivity contribution in [3.8, 4) is 0 Å². The van der Waals surface area contributed by atoms with E-state index in [0.717, 1.165) is 0 Å². The van der Waals surface area contributed by atoms with E-state index in [2.05, 4.69) is 0 Å². The standard InChI is InChI=1S/C13H11ClN2O/c14-11-4-2-1-3-9(11)13(17)10-7-8(15)5-6-12(10)16/h1-7H,15-16H2. The van der Waals surface area contributed by atoms with Crippen LogP contribution in [0.3, 0.4) is 0 Å². The van der Waals surface area contributed by atoms with Crippen molar-refractivity contribution in [2.24, 2.45) is 0 Å². The van der Waals surface area contributed by atoms with Crippen LogP contribution < -0.4 is 11.5 Å². The molecule has 86 valence electrons. The lowest BCUT2D eigenvalue weighted by atomic mass is 10.0. The second-order valence-corrected chi connectivity index (χ2v) is 4.06. The first kappa shape index (κ1) is 11.5. The SMILES string of the molecule is Nc1ccc(N)c(C(=O)c2ccccc2Cl)c1. The molecule has 0 aliphatic carbocycles. The summed E-state index contributed by atoms with van der Waals surface area (Å²) in [6, 6.07) is 11.7. The first-order valence-electron chi connectivity index (χ1n) is 5.04. The smallest absolute Gasteiger partial charge is 0.196 e. The highest BCUT2D eigenvalue weighted by Crippen LogP contribution is 2.23. The molecule has 17 heavy (non-hydrogen) atoms. The van der Waals surface area contributed by atoms with E-state index in [1.807, 2.05) is 0 Å². The maximum atomic E-state index is 12.2. The van der Waals surface area contributed by atoms with Crippen LogP contribution >= 0.6 is 11.6 Å². The molecular formula is C13H11ClN2O. The van der Waals surface area contributed by atoms with Crippen LogP contribution in [-0.4, -0.2) is 5.78 Å². The summed E-state index contributed by atoms with van der Waals surface area (Å²) in [6.07, 6.45) is 0. The van der Waals surface area contributed by atoms with Crippen molar-refractivity contribution in [1.82, 2.24) is 0 Å². The highest BCUT2D eigenvalue weighted by atomic mass is 35.5. The Balaban J connectivity index is 2.51. The zero-order chi connectivity index (χ0) is 12.4. The van der Waals surface area contributed by atoms with Crippen LogP contribution in [0.5, 0.6) is 0 Å². The monoisotopic (exact) mass is 246 g/mol. The third-order valence-electron chi connectivity index (χ3n) is 2.44. The molecule has 0 aromatic heterocycles. The molecule has 2 aromatic rings. The third kappa shape index (κ3) is 2.24. The van der Waals surface area contributed by atoms with Crippen molar-refractivity contribution in [2.45, 2.75) is 0 Å². The van der Waals surface area contributed by atoms with E-state index in [1.54, 1.807) is 42.5 Å². The lowest BCUT2D eigenvalue weighted by Crippen LogP contribution is -2.06. The fraction of sp³-hybridized carbons (Fsp3) is 0. The zero-order valence-corrected chi connectivity index (χ0v) is 9.74. The third-order valence-corrected chi connectivity index (χ3v) is 2.77. The number of ketones is 1. The van der Waals surface area contributed by atoms with Crippen LogP contribution in [-0.2, 0) is 0 Å². The van der Waals surface area contributed by atoms with Crippen LogP contribution in [0.2, 0.25) is 5.02 Å². The van der Waals surface area contributed by atoms with Crippen molar-refractivity contribution in [3.05, 3.63) is 58.6 Å². The lowest BCUT2D eigenvalue weighted by Gasteiger charge is -2.07. The molecule has 0 spiro atoms. The largest absolute Gasteiger partial charge is 0.399 e. The first-order valence-corrected chi connectivity index (χ1v) is 5.41. The van der Waals surface area contributed by atoms with Gasteiger partial charge in [-0.1, -0.05) is 23.7 Å². The molecule has 0 unspecified atom stereocenters. The van der Waals surface area contributed by atoms with Gasteiger partial charge in [-0.2, -0.15) is 0 Å². The van der Waals surface area contributed by atoms with E-state index in [4.69, 9.17) is 23.1 Å². The van der Waals surface area contributed by atoms with Gasteiger partial charge in [-0.05, 0) is 30.3 Å². The summed E-state index contributed by atoms with van der Waals surface area (Å²) < 4.78 is 0. The Hall–Kier alpha value is -2.00. The van der Waals surface area contributed by atoms with Crippen molar-refractivity contribution >= 4 is 28.8 Å². The number of nitrogens with two attached hydrogens (primary N) is 2. The van der Waals surface area contributed by atoms with Gasteiger partial charge in [-0.15, -0.1) is 0 Å². The van der Waals surface area contributed by atoms with E-state index in [1.165, 1.54) is 0 Å². The summed E-state index contributed by atoms with van der Waals surface area (Å²) in [6.45, 7) is 0. The summed E-state index contributed by atoms with van der Waals surface area (Å²) in [5.41, 5.74) is 13.1. The Morgan fingerprint density at radius 2 is 1.71 bits per heavy atom. The average molecular weight is 247 g/mol. The van der Waals surface area contributed by atoms with Gasteiger partial charge in [0, 0.05) is 22.5 Å². The molecular weight excluding hydrogens is 236 g/mol. The van der Waals surface area contributed by atoms with E-state index in [-0.39, 0.29) is 5.78 Å². The van der Waals surface area contributed by atoms with Gasteiger partial charge in [0.1, 0.15) is 0 Å². The Morgan fingerprint density at radius 3 is 2.41 bits per heavy atom. The van der Waals surface area contributed by atoms with E-state index >= 15 is 0 Å². The summed E-state index contributed by atoms with van der Waals surface area (Å²) in [7, 11) is 0. The number of rotatable bonds is 2. The topological polar surface area (TPSA) is 69.1 Å². The number of nitrogen functional groups attached to an aromatic ring is 2. The zero-order valence-electron chi connectivity index (χ0n) is 8.98. The molecule has 3 nitrogen and oxygen atoms in total. The van der Waals surface area contributed by atoms with Crippen LogP contribution in [0.4, 0.5) is 11.4 Å². The fourth-order valence-corrected chi connectivity index (χ4v) is 1.78. The van der Waals surface area contributed by atoms with Crippen molar-refractivity contribution < 1.29 is 4.79 Å². The van der Waals surface area contributed by atoms with Crippen LogP contribution in [0, 0.1) is 0 Å². The van der Waals surface area contributed by atoms with Gasteiger partial charge in [0.25, 0.3) is 0 Å². The maximum Gasteiger partial charge on any atom is 0.196 e. The molecule has 0 bridgehead atoms. The molecule has 2 rings (SSSR count). The molecule has 0 saturated carbocycles. The summed E-state index contributed by atoms with van der Waals surface area (Å²) in [5, 5.41) is 0.402. The molecule has 0 atom stereocenters. The molecule has 0 aliphatic heterocycles. The first-order chi connectivity index (χ1) is 8.09. The van der Waals surface area contributed by atoms with Crippen LogP contribution in [0.25, 0.3) is 0 Å². The van der Waals surface area contributed by atoms with Crippen molar-refractivity contribution in [3.63, 3.8) is 0 Å². The Kier molecular flexibility index (Phi) is 3.02. The van der Waals surface area contributed by atoms with Gasteiger partial charge < -0.3 is 11.5 Å². The molecule has 4 heteroatoms. The minimum atomic E-state index is -0.222. The molecule has 2 aromatic carbocycles. The molecule has 0 amide bonds. The molecule has 0 aliphatic rings. The number of halogens is 1. The summed E-state index contributed by atoms with van der Waals surface area (Å²) in [5.74, 6) is -0.222. The molecule has 0 radical (unpaired) electrons. The van der Waals surface area contributed by atoms with E-state index in [9.17, 15) is 4.79 Å². The molecule has 0 saturated heterocycles. The maximum absolute atomic E-state index is 12.2. The normalized spacial score (nSPS) is 10.2. The van der Waals surface area contributed by atoms with E-state index < -0.39 is 0 Å².